The van der Waals surface area contributed by atoms with Gasteiger partial charge in [-0.25, -0.2) is 4.79 Å². The van der Waals surface area contributed by atoms with Gasteiger partial charge in [-0.05, 0) is 60.4 Å². The molecule has 35 heavy (non-hydrogen) atoms. The fourth-order valence-corrected chi connectivity index (χ4v) is 4.03. The summed E-state index contributed by atoms with van der Waals surface area (Å²) in [6.07, 6.45) is 1.47. The van der Waals surface area contributed by atoms with Gasteiger partial charge in [-0.15, -0.1) is 0 Å². The third-order valence-electron chi connectivity index (χ3n) is 5.79. The number of benzene rings is 3. The zero-order valence-corrected chi connectivity index (χ0v) is 19.8. The average molecular weight is 475 g/mol. The molecular formula is C26H26N4O5. The molecule has 0 fully saturated rings. The van der Waals surface area contributed by atoms with E-state index in [-0.39, 0.29) is 11.4 Å². The van der Waals surface area contributed by atoms with Gasteiger partial charge in [0.1, 0.15) is 5.69 Å². The van der Waals surface area contributed by atoms with Crippen LogP contribution in [-0.4, -0.2) is 37.4 Å². The van der Waals surface area contributed by atoms with E-state index in [1.807, 2.05) is 24.3 Å². The van der Waals surface area contributed by atoms with E-state index in [9.17, 15) is 14.9 Å². The van der Waals surface area contributed by atoms with E-state index < -0.39 is 11.0 Å². The van der Waals surface area contributed by atoms with Crippen LogP contribution in [0.3, 0.4) is 0 Å². The van der Waals surface area contributed by atoms with Crippen LogP contribution in [0.5, 0.6) is 11.5 Å². The van der Waals surface area contributed by atoms with E-state index >= 15 is 0 Å². The number of ether oxygens (including phenoxy) is 2. The molecule has 1 heterocycles. The Labute approximate surface area is 202 Å². The number of nitrogens with zero attached hydrogens (tertiary/aromatic N) is 2. The largest absolute Gasteiger partial charge is 0.493 e. The minimum Gasteiger partial charge on any atom is -0.493 e. The maximum atomic E-state index is 12.4. The van der Waals surface area contributed by atoms with E-state index in [1.165, 1.54) is 17.7 Å². The number of fused-ring (bicyclic) bond motifs is 1. The van der Waals surface area contributed by atoms with Crippen molar-refractivity contribution in [2.45, 2.75) is 19.8 Å². The van der Waals surface area contributed by atoms with Gasteiger partial charge in [0.2, 0.25) is 0 Å². The van der Waals surface area contributed by atoms with Crippen molar-refractivity contribution in [1.82, 2.24) is 0 Å². The number of aryl methyl sites for hydroxylation is 1. The lowest BCUT2D eigenvalue weighted by atomic mass is 9.93. The lowest BCUT2D eigenvalue weighted by molar-refractivity contribution is -0.384. The van der Waals surface area contributed by atoms with Crippen LogP contribution in [0.4, 0.5) is 21.9 Å². The number of carbonyl (C=O) groups is 1. The van der Waals surface area contributed by atoms with Crippen molar-refractivity contribution >= 4 is 28.8 Å². The third-order valence-corrected chi connectivity index (χ3v) is 5.79. The van der Waals surface area contributed by atoms with Crippen molar-refractivity contribution in [3.05, 3.63) is 87.0 Å². The number of rotatable bonds is 7. The van der Waals surface area contributed by atoms with Gasteiger partial charge in [0, 0.05) is 36.0 Å². The zero-order valence-electron chi connectivity index (χ0n) is 19.8. The molecule has 1 aliphatic rings. The minimum atomic E-state index is -0.559. The van der Waals surface area contributed by atoms with Gasteiger partial charge in [-0.2, -0.15) is 0 Å². The Morgan fingerprint density at radius 2 is 1.74 bits per heavy atom. The van der Waals surface area contributed by atoms with Crippen molar-refractivity contribution in [3.63, 3.8) is 0 Å². The zero-order chi connectivity index (χ0) is 24.9. The molecule has 2 N–H and O–H groups in total. The molecule has 0 radical (unpaired) electrons. The predicted octanol–water partition coefficient (Wildman–Crippen LogP) is 5.15. The van der Waals surface area contributed by atoms with Gasteiger partial charge in [0.25, 0.3) is 5.69 Å². The number of hydrogen-bond donors (Lipinski definition) is 2. The third kappa shape index (κ3) is 5.40. The summed E-state index contributed by atoms with van der Waals surface area (Å²) >= 11 is 0. The molecule has 0 unspecified atom stereocenters. The number of anilines is 2. The molecule has 9 heteroatoms. The van der Waals surface area contributed by atoms with E-state index in [0.717, 1.165) is 28.8 Å². The summed E-state index contributed by atoms with van der Waals surface area (Å²) in [4.78, 5) is 27.9. The quantitative estimate of drug-likeness (QED) is 0.363. The highest BCUT2D eigenvalue weighted by Gasteiger charge is 2.19. The van der Waals surface area contributed by atoms with Crippen molar-refractivity contribution in [3.8, 4) is 11.5 Å². The molecule has 0 spiro atoms. The number of aliphatic imine (C=N–C) groups is 1. The molecule has 0 aliphatic carbocycles. The molecule has 3 aromatic carbocycles. The van der Waals surface area contributed by atoms with Crippen LogP contribution < -0.4 is 20.1 Å². The molecule has 0 saturated carbocycles. The second-order valence-electron chi connectivity index (χ2n) is 8.17. The molecule has 0 saturated heterocycles. The summed E-state index contributed by atoms with van der Waals surface area (Å²) in [6.45, 7) is 2.46. The Balaban J connectivity index is 1.44. The number of urea groups is 1. The highest BCUT2D eigenvalue weighted by Crippen LogP contribution is 2.33. The molecule has 0 atom stereocenters. The van der Waals surface area contributed by atoms with Crippen LogP contribution in [-0.2, 0) is 12.8 Å². The molecule has 3 aromatic rings. The number of hydrogen-bond acceptors (Lipinski definition) is 6. The molecule has 0 bridgehead atoms. The van der Waals surface area contributed by atoms with E-state index in [4.69, 9.17) is 14.5 Å². The number of carbonyl (C=O) groups excluding carboxylic acids is 1. The molecule has 0 aromatic heterocycles. The number of nitrogens with one attached hydrogen (secondary N) is 2. The maximum Gasteiger partial charge on any atom is 0.323 e. The summed E-state index contributed by atoms with van der Waals surface area (Å²) in [5.41, 5.74) is 5.51. The first-order valence-corrected chi connectivity index (χ1v) is 11.1. The Morgan fingerprint density at radius 1 is 1.03 bits per heavy atom. The SMILES string of the molecule is COc1cc2c(cc1OC)C(Cc1ccc(NC(=O)Nc3ccc(C)cc3[N+](=O)[O-])cc1)=NCC2. The first-order valence-electron chi connectivity index (χ1n) is 11.1. The van der Waals surface area contributed by atoms with E-state index in [1.54, 1.807) is 39.3 Å². The van der Waals surface area contributed by atoms with Crippen LogP contribution in [0.15, 0.2) is 59.6 Å². The second kappa shape index (κ2) is 10.3. The Kier molecular flexibility index (Phi) is 6.96. The lowest BCUT2D eigenvalue weighted by Gasteiger charge is -2.20. The number of methoxy groups -OCH3 is 2. The number of amides is 2. The predicted molar refractivity (Wildman–Crippen MR) is 135 cm³/mol. The van der Waals surface area contributed by atoms with Crippen LogP contribution in [0.1, 0.15) is 22.3 Å². The van der Waals surface area contributed by atoms with Gasteiger partial charge in [-0.1, -0.05) is 18.2 Å². The lowest BCUT2D eigenvalue weighted by Crippen LogP contribution is -2.20. The number of nitro groups is 1. The van der Waals surface area contributed by atoms with Crippen molar-refractivity contribution < 1.29 is 19.2 Å². The van der Waals surface area contributed by atoms with Crippen LogP contribution in [0, 0.1) is 17.0 Å². The molecular weight excluding hydrogens is 448 g/mol. The first-order chi connectivity index (χ1) is 16.9. The van der Waals surface area contributed by atoms with Crippen molar-refractivity contribution in [1.29, 1.82) is 0 Å². The van der Waals surface area contributed by atoms with Crippen molar-refractivity contribution in [2.24, 2.45) is 4.99 Å². The Morgan fingerprint density at radius 3 is 2.43 bits per heavy atom. The van der Waals surface area contributed by atoms with Gasteiger partial charge in [0.15, 0.2) is 11.5 Å². The van der Waals surface area contributed by atoms with Crippen LogP contribution >= 0.6 is 0 Å². The molecule has 4 rings (SSSR count). The Bertz CT molecular complexity index is 1300. The van der Waals surface area contributed by atoms with Crippen LogP contribution in [0.25, 0.3) is 0 Å². The summed E-state index contributed by atoms with van der Waals surface area (Å²) in [6, 6.07) is 15.5. The summed E-state index contributed by atoms with van der Waals surface area (Å²) in [7, 11) is 3.24. The fourth-order valence-electron chi connectivity index (χ4n) is 4.03. The van der Waals surface area contributed by atoms with Gasteiger partial charge in [0.05, 0.1) is 19.1 Å². The summed E-state index contributed by atoms with van der Waals surface area (Å²) in [5, 5.41) is 16.5. The summed E-state index contributed by atoms with van der Waals surface area (Å²) in [5.74, 6) is 1.37. The van der Waals surface area contributed by atoms with E-state index in [0.29, 0.717) is 30.2 Å². The van der Waals surface area contributed by atoms with E-state index in [2.05, 4.69) is 10.6 Å². The normalized spacial score (nSPS) is 12.3. The molecule has 180 valence electrons. The van der Waals surface area contributed by atoms with Crippen molar-refractivity contribution in [2.75, 3.05) is 31.4 Å². The minimum absolute atomic E-state index is 0.135. The molecule has 9 nitrogen and oxygen atoms in total. The first kappa shape index (κ1) is 23.7. The van der Waals surface area contributed by atoms with Crippen LogP contribution in [0.2, 0.25) is 0 Å². The second-order valence-corrected chi connectivity index (χ2v) is 8.17. The highest BCUT2D eigenvalue weighted by atomic mass is 16.6. The Hall–Kier alpha value is -4.40. The fraction of sp³-hybridized carbons (Fsp3) is 0.231. The molecule has 1 aliphatic heterocycles. The standard InChI is InChI=1S/C26H26N4O5/c1-16-4-9-21(23(12-16)30(32)33)29-26(31)28-19-7-5-17(6-8-19)13-22-20-15-25(35-3)24(34-2)14-18(20)10-11-27-22/h4-9,12,14-15H,10-11,13H2,1-3H3,(H2,28,29,31). The average Bonchev–Trinajstić information content (AvgIpc) is 2.85. The number of nitro benzene ring substituents is 1. The van der Waals surface area contributed by atoms with Gasteiger partial charge >= 0.3 is 6.03 Å². The topological polar surface area (TPSA) is 115 Å². The maximum absolute atomic E-state index is 12.4. The van der Waals surface area contributed by atoms with Gasteiger partial charge < -0.3 is 20.1 Å². The summed E-state index contributed by atoms with van der Waals surface area (Å²) < 4.78 is 10.9. The molecule has 2 amide bonds. The smallest absolute Gasteiger partial charge is 0.323 e. The highest BCUT2D eigenvalue weighted by molar-refractivity contribution is 6.04. The monoisotopic (exact) mass is 474 g/mol. The van der Waals surface area contributed by atoms with Gasteiger partial charge in [-0.3, -0.25) is 15.1 Å².